The summed E-state index contributed by atoms with van der Waals surface area (Å²) in [6.07, 6.45) is 2.77. The Hall–Kier alpha value is -0.120. The molecule has 3 nitrogen and oxygen atoms in total. The van der Waals surface area contributed by atoms with Gasteiger partial charge in [-0.15, -0.1) is 0 Å². The molecular formula is C8H19N3. The summed E-state index contributed by atoms with van der Waals surface area (Å²) in [6.45, 7) is 6.58. The van der Waals surface area contributed by atoms with E-state index in [1.54, 1.807) is 0 Å². The van der Waals surface area contributed by atoms with Crippen molar-refractivity contribution in [1.29, 1.82) is 0 Å². The van der Waals surface area contributed by atoms with Crippen molar-refractivity contribution in [1.82, 2.24) is 10.2 Å². The van der Waals surface area contributed by atoms with Crippen LogP contribution in [-0.4, -0.2) is 44.2 Å². The first kappa shape index (κ1) is 8.97. The lowest BCUT2D eigenvalue weighted by Crippen LogP contribution is -2.32. The second-order valence-electron chi connectivity index (χ2n) is 3.09. The molecule has 1 aliphatic heterocycles. The summed E-state index contributed by atoms with van der Waals surface area (Å²) < 4.78 is 0. The molecule has 1 heterocycles. The van der Waals surface area contributed by atoms with Gasteiger partial charge in [-0.2, -0.15) is 0 Å². The highest BCUT2D eigenvalue weighted by atomic mass is 15.1. The normalized spacial score (nSPS) is 19.4. The van der Waals surface area contributed by atoms with Crippen LogP contribution in [0.1, 0.15) is 12.8 Å². The quantitative estimate of drug-likeness (QED) is 0.535. The molecule has 1 rings (SSSR count). The standard InChI is InChI=1S/C8H19N3/c9-3-4-10-5-8-11-6-1-2-7-11/h10H,1-9H2. The van der Waals surface area contributed by atoms with Crippen molar-refractivity contribution >= 4 is 0 Å². The fourth-order valence-corrected chi connectivity index (χ4v) is 1.47. The van der Waals surface area contributed by atoms with E-state index >= 15 is 0 Å². The Morgan fingerprint density at radius 1 is 1.18 bits per heavy atom. The minimum atomic E-state index is 0.750. The molecule has 1 saturated heterocycles. The van der Waals surface area contributed by atoms with E-state index in [0.717, 1.165) is 19.6 Å². The van der Waals surface area contributed by atoms with Crippen molar-refractivity contribution < 1.29 is 0 Å². The second-order valence-corrected chi connectivity index (χ2v) is 3.09. The van der Waals surface area contributed by atoms with Crippen LogP contribution in [0.4, 0.5) is 0 Å². The summed E-state index contributed by atoms with van der Waals surface area (Å²) in [5.74, 6) is 0. The van der Waals surface area contributed by atoms with Crippen molar-refractivity contribution in [2.24, 2.45) is 5.73 Å². The monoisotopic (exact) mass is 157 g/mol. The Kier molecular flexibility index (Phi) is 4.50. The van der Waals surface area contributed by atoms with Gasteiger partial charge in [0, 0.05) is 26.2 Å². The van der Waals surface area contributed by atoms with Crippen LogP contribution < -0.4 is 11.1 Å². The van der Waals surface area contributed by atoms with Crippen LogP contribution in [0.25, 0.3) is 0 Å². The molecule has 0 spiro atoms. The Morgan fingerprint density at radius 3 is 2.55 bits per heavy atom. The first-order chi connectivity index (χ1) is 5.43. The lowest BCUT2D eigenvalue weighted by Gasteiger charge is -2.14. The maximum absolute atomic E-state index is 5.35. The summed E-state index contributed by atoms with van der Waals surface area (Å²) in [4.78, 5) is 2.50. The van der Waals surface area contributed by atoms with E-state index in [4.69, 9.17) is 5.73 Å². The third-order valence-corrected chi connectivity index (χ3v) is 2.12. The van der Waals surface area contributed by atoms with Crippen LogP contribution in [-0.2, 0) is 0 Å². The number of hydrogen-bond acceptors (Lipinski definition) is 3. The first-order valence-corrected chi connectivity index (χ1v) is 4.56. The van der Waals surface area contributed by atoms with E-state index in [9.17, 15) is 0 Å². The number of nitrogens with one attached hydrogen (secondary N) is 1. The van der Waals surface area contributed by atoms with Crippen molar-refractivity contribution in [3.05, 3.63) is 0 Å². The maximum Gasteiger partial charge on any atom is 0.0107 e. The van der Waals surface area contributed by atoms with E-state index < -0.39 is 0 Å². The predicted octanol–water partition coefficient (Wildman–Crippen LogP) is -0.369. The van der Waals surface area contributed by atoms with Crippen LogP contribution in [0.3, 0.4) is 0 Å². The smallest absolute Gasteiger partial charge is 0.0107 e. The minimum absolute atomic E-state index is 0.750. The largest absolute Gasteiger partial charge is 0.329 e. The molecule has 66 valence electrons. The highest BCUT2D eigenvalue weighted by Gasteiger charge is 2.09. The summed E-state index contributed by atoms with van der Waals surface area (Å²) in [5.41, 5.74) is 5.35. The molecule has 3 N–H and O–H groups in total. The molecule has 0 aliphatic carbocycles. The Morgan fingerprint density at radius 2 is 1.91 bits per heavy atom. The number of likely N-dealkylation sites (tertiary alicyclic amines) is 1. The third-order valence-electron chi connectivity index (χ3n) is 2.12. The highest BCUT2D eigenvalue weighted by molar-refractivity contribution is 4.66. The molecule has 0 radical (unpaired) electrons. The van der Waals surface area contributed by atoms with E-state index in [0.29, 0.717) is 0 Å². The molecule has 1 fully saturated rings. The van der Waals surface area contributed by atoms with E-state index in [-0.39, 0.29) is 0 Å². The van der Waals surface area contributed by atoms with Gasteiger partial charge in [-0.1, -0.05) is 0 Å². The number of nitrogens with two attached hydrogens (primary N) is 1. The highest BCUT2D eigenvalue weighted by Crippen LogP contribution is 2.05. The van der Waals surface area contributed by atoms with Gasteiger partial charge >= 0.3 is 0 Å². The molecule has 11 heavy (non-hydrogen) atoms. The third kappa shape index (κ3) is 3.70. The van der Waals surface area contributed by atoms with E-state index in [2.05, 4.69) is 10.2 Å². The zero-order valence-electron chi connectivity index (χ0n) is 7.18. The Balaban J connectivity index is 1.86. The average molecular weight is 157 g/mol. The Labute approximate surface area is 68.9 Å². The number of rotatable bonds is 5. The van der Waals surface area contributed by atoms with Gasteiger partial charge in [-0.05, 0) is 25.9 Å². The van der Waals surface area contributed by atoms with Gasteiger partial charge in [0.1, 0.15) is 0 Å². The van der Waals surface area contributed by atoms with Gasteiger partial charge in [0.25, 0.3) is 0 Å². The summed E-state index contributed by atoms with van der Waals surface area (Å²) >= 11 is 0. The van der Waals surface area contributed by atoms with Crippen molar-refractivity contribution in [2.45, 2.75) is 12.8 Å². The lowest BCUT2D eigenvalue weighted by molar-refractivity contribution is 0.337. The summed E-state index contributed by atoms with van der Waals surface area (Å²) in [7, 11) is 0. The predicted molar refractivity (Wildman–Crippen MR) is 47.6 cm³/mol. The maximum atomic E-state index is 5.35. The van der Waals surface area contributed by atoms with Crippen LogP contribution >= 0.6 is 0 Å². The van der Waals surface area contributed by atoms with Gasteiger partial charge in [-0.25, -0.2) is 0 Å². The van der Waals surface area contributed by atoms with Crippen LogP contribution in [0.5, 0.6) is 0 Å². The topological polar surface area (TPSA) is 41.3 Å². The van der Waals surface area contributed by atoms with Crippen LogP contribution in [0.15, 0.2) is 0 Å². The zero-order valence-corrected chi connectivity index (χ0v) is 7.18. The minimum Gasteiger partial charge on any atom is -0.329 e. The molecule has 0 aromatic heterocycles. The van der Waals surface area contributed by atoms with Crippen LogP contribution in [0, 0.1) is 0 Å². The lowest BCUT2D eigenvalue weighted by atomic mass is 10.4. The fourth-order valence-electron chi connectivity index (χ4n) is 1.47. The molecule has 3 heteroatoms. The van der Waals surface area contributed by atoms with E-state index in [1.807, 2.05) is 0 Å². The molecule has 0 atom stereocenters. The van der Waals surface area contributed by atoms with Gasteiger partial charge in [0.05, 0.1) is 0 Å². The molecular weight excluding hydrogens is 138 g/mol. The molecule has 0 aromatic rings. The van der Waals surface area contributed by atoms with Crippen molar-refractivity contribution in [2.75, 3.05) is 39.3 Å². The fraction of sp³-hybridized carbons (Fsp3) is 1.00. The van der Waals surface area contributed by atoms with E-state index in [1.165, 1.54) is 32.5 Å². The summed E-state index contributed by atoms with van der Waals surface area (Å²) in [6, 6.07) is 0. The molecule has 0 unspecified atom stereocenters. The second kappa shape index (κ2) is 5.52. The van der Waals surface area contributed by atoms with Gasteiger partial charge in [0.2, 0.25) is 0 Å². The first-order valence-electron chi connectivity index (χ1n) is 4.56. The molecule has 1 aliphatic rings. The molecule has 0 amide bonds. The molecule has 0 saturated carbocycles. The Bertz CT molecular complexity index is 89.3. The number of hydrogen-bond donors (Lipinski definition) is 2. The van der Waals surface area contributed by atoms with Gasteiger partial charge in [-0.3, -0.25) is 0 Å². The summed E-state index contributed by atoms with van der Waals surface area (Å²) in [5, 5.41) is 3.30. The van der Waals surface area contributed by atoms with Crippen LogP contribution in [0.2, 0.25) is 0 Å². The SMILES string of the molecule is NCCNCCN1CCCC1. The molecule has 0 aromatic carbocycles. The zero-order chi connectivity index (χ0) is 7.94. The number of nitrogens with zero attached hydrogens (tertiary/aromatic N) is 1. The molecule has 0 bridgehead atoms. The average Bonchev–Trinajstić information content (AvgIpc) is 2.50. The van der Waals surface area contributed by atoms with Crippen molar-refractivity contribution in [3.63, 3.8) is 0 Å². The van der Waals surface area contributed by atoms with Gasteiger partial charge in [0.15, 0.2) is 0 Å². The van der Waals surface area contributed by atoms with Crippen molar-refractivity contribution in [3.8, 4) is 0 Å². The van der Waals surface area contributed by atoms with Gasteiger partial charge < -0.3 is 16.0 Å².